The number of benzene rings is 2. The summed E-state index contributed by atoms with van der Waals surface area (Å²) in [5, 5.41) is 2.72. The fourth-order valence-corrected chi connectivity index (χ4v) is 2.40. The minimum Gasteiger partial charge on any atom is -0.321 e. The molecular formula is C17H17BrFNO. The number of anilines is 1. The van der Waals surface area contributed by atoms with Crippen LogP contribution in [-0.2, 0) is 5.41 Å². The molecule has 0 fully saturated rings. The summed E-state index contributed by atoms with van der Waals surface area (Å²) in [4.78, 5) is 12.1. The van der Waals surface area contributed by atoms with E-state index in [0.717, 1.165) is 10.0 Å². The lowest BCUT2D eigenvalue weighted by molar-refractivity contribution is 0.102. The molecule has 2 aromatic carbocycles. The fraction of sp³-hybridized carbons (Fsp3) is 0.235. The summed E-state index contributed by atoms with van der Waals surface area (Å²) in [6.07, 6.45) is 0. The molecule has 1 N–H and O–H groups in total. The van der Waals surface area contributed by atoms with E-state index >= 15 is 0 Å². The van der Waals surface area contributed by atoms with Crippen LogP contribution in [0.3, 0.4) is 0 Å². The van der Waals surface area contributed by atoms with Gasteiger partial charge in [0.25, 0.3) is 5.91 Å². The molecule has 0 aliphatic rings. The van der Waals surface area contributed by atoms with Crippen molar-refractivity contribution in [3.8, 4) is 0 Å². The highest BCUT2D eigenvalue weighted by molar-refractivity contribution is 9.10. The molecule has 0 aromatic heterocycles. The molecule has 110 valence electrons. The Morgan fingerprint density at radius 1 is 1.14 bits per heavy atom. The van der Waals surface area contributed by atoms with Gasteiger partial charge in [0.2, 0.25) is 0 Å². The van der Waals surface area contributed by atoms with Crippen LogP contribution in [0.5, 0.6) is 0 Å². The number of carbonyl (C=O) groups excluding carboxylic acids is 1. The van der Waals surface area contributed by atoms with Crippen molar-refractivity contribution >= 4 is 27.5 Å². The summed E-state index contributed by atoms with van der Waals surface area (Å²) in [6.45, 7) is 6.35. The second kappa shape index (κ2) is 5.98. The average Bonchev–Trinajstić information content (AvgIpc) is 2.40. The van der Waals surface area contributed by atoms with Gasteiger partial charge in [0, 0.05) is 4.47 Å². The SMILES string of the molecule is CC(C)(C)c1ccc(NC(=O)c2ccccc2F)c(Br)c1. The van der Waals surface area contributed by atoms with Gasteiger partial charge in [-0.2, -0.15) is 0 Å². The Labute approximate surface area is 132 Å². The third-order valence-electron chi connectivity index (χ3n) is 3.20. The van der Waals surface area contributed by atoms with E-state index < -0.39 is 11.7 Å². The van der Waals surface area contributed by atoms with Crippen LogP contribution < -0.4 is 5.32 Å². The first-order valence-electron chi connectivity index (χ1n) is 6.65. The minimum absolute atomic E-state index is 0.0244. The summed E-state index contributed by atoms with van der Waals surface area (Å²) in [5.74, 6) is -0.991. The summed E-state index contributed by atoms with van der Waals surface area (Å²) in [6, 6.07) is 11.7. The zero-order chi connectivity index (χ0) is 15.6. The van der Waals surface area contributed by atoms with Gasteiger partial charge in [0.1, 0.15) is 5.82 Å². The van der Waals surface area contributed by atoms with Gasteiger partial charge in [-0.15, -0.1) is 0 Å². The number of amides is 1. The van der Waals surface area contributed by atoms with E-state index in [1.54, 1.807) is 12.1 Å². The molecule has 0 bridgehead atoms. The minimum atomic E-state index is -0.530. The van der Waals surface area contributed by atoms with Crippen LogP contribution in [0.4, 0.5) is 10.1 Å². The molecule has 4 heteroatoms. The largest absolute Gasteiger partial charge is 0.321 e. The van der Waals surface area contributed by atoms with Crippen molar-refractivity contribution in [2.75, 3.05) is 5.32 Å². The van der Waals surface area contributed by atoms with Gasteiger partial charge in [-0.3, -0.25) is 4.79 Å². The van der Waals surface area contributed by atoms with Gasteiger partial charge in [-0.05, 0) is 51.2 Å². The summed E-state index contributed by atoms with van der Waals surface area (Å²) in [5.41, 5.74) is 1.83. The fourth-order valence-electron chi connectivity index (χ4n) is 1.92. The van der Waals surface area contributed by atoms with Crippen LogP contribution in [0.1, 0.15) is 36.7 Å². The second-order valence-electron chi connectivity index (χ2n) is 5.88. The van der Waals surface area contributed by atoms with Gasteiger partial charge in [0.05, 0.1) is 11.3 Å². The molecule has 0 spiro atoms. The molecule has 0 radical (unpaired) electrons. The molecule has 0 unspecified atom stereocenters. The van der Waals surface area contributed by atoms with E-state index in [9.17, 15) is 9.18 Å². The van der Waals surface area contributed by atoms with E-state index in [4.69, 9.17) is 0 Å². The van der Waals surface area contributed by atoms with Crippen molar-refractivity contribution < 1.29 is 9.18 Å². The Morgan fingerprint density at radius 2 is 1.81 bits per heavy atom. The van der Waals surface area contributed by atoms with Crippen molar-refractivity contribution in [1.29, 1.82) is 0 Å². The predicted octanol–water partition coefficient (Wildman–Crippen LogP) is 5.14. The number of carbonyl (C=O) groups is 1. The predicted molar refractivity (Wildman–Crippen MR) is 87.2 cm³/mol. The van der Waals surface area contributed by atoms with Crippen molar-refractivity contribution in [2.24, 2.45) is 0 Å². The van der Waals surface area contributed by atoms with Gasteiger partial charge >= 0.3 is 0 Å². The van der Waals surface area contributed by atoms with Crippen LogP contribution in [0.15, 0.2) is 46.9 Å². The maximum absolute atomic E-state index is 13.6. The van der Waals surface area contributed by atoms with Crippen molar-refractivity contribution in [2.45, 2.75) is 26.2 Å². The first kappa shape index (κ1) is 15.7. The molecule has 0 atom stereocenters. The van der Waals surface area contributed by atoms with Gasteiger partial charge < -0.3 is 5.32 Å². The number of hydrogen-bond donors (Lipinski definition) is 1. The summed E-state index contributed by atoms with van der Waals surface area (Å²) < 4.78 is 14.4. The molecule has 21 heavy (non-hydrogen) atoms. The van der Waals surface area contributed by atoms with Crippen LogP contribution in [0.25, 0.3) is 0 Å². The third-order valence-corrected chi connectivity index (χ3v) is 3.86. The van der Waals surface area contributed by atoms with E-state index in [2.05, 4.69) is 42.0 Å². The molecule has 2 aromatic rings. The van der Waals surface area contributed by atoms with E-state index in [1.165, 1.54) is 12.1 Å². The average molecular weight is 350 g/mol. The maximum Gasteiger partial charge on any atom is 0.258 e. The monoisotopic (exact) mass is 349 g/mol. The van der Waals surface area contributed by atoms with Gasteiger partial charge in [-0.25, -0.2) is 4.39 Å². The van der Waals surface area contributed by atoms with Gasteiger partial charge in [-0.1, -0.05) is 39.0 Å². The van der Waals surface area contributed by atoms with E-state index in [-0.39, 0.29) is 11.0 Å². The number of hydrogen-bond acceptors (Lipinski definition) is 1. The molecular weight excluding hydrogens is 333 g/mol. The lowest BCUT2D eigenvalue weighted by Crippen LogP contribution is -2.15. The molecule has 0 aliphatic heterocycles. The Kier molecular flexibility index (Phi) is 4.47. The Bertz CT molecular complexity index is 677. The van der Waals surface area contributed by atoms with Crippen LogP contribution in [0, 0.1) is 5.82 Å². The highest BCUT2D eigenvalue weighted by Crippen LogP contribution is 2.30. The Hall–Kier alpha value is -1.68. The lowest BCUT2D eigenvalue weighted by Gasteiger charge is -2.20. The molecule has 0 saturated heterocycles. The molecule has 0 aliphatic carbocycles. The Balaban J connectivity index is 2.25. The first-order valence-corrected chi connectivity index (χ1v) is 7.44. The Morgan fingerprint density at radius 3 is 2.38 bits per heavy atom. The zero-order valence-corrected chi connectivity index (χ0v) is 13.8. The van der Waals surface area contributed by atoms with Crippen molar-refractivity contribution in [1.82, 2.24) is 0 Å². The van der Waals surface area contributed by atoms with E-state index in [0.29, 0.717) is 5.69 Å². The van der Waals surface area contributed by atoms with Crippen molar-refractivity contribution in [3.05, 3.63) is 63.9 Å². The molecule has 0 saturated carbocycles. The number of halogens is 2. The molecule has 1 amide bonds. The zero-order valence-electron chi connectivity index (χ0n) is 12.2. The summed E-state index contributed by atoms with van der Waals surface area (Å²) >= 11 is 3.45. The van der Waals surface area contributed by atoms with Gasteiger partial charge in [0.15, 0.2) is 0 Å². The standard InChI is InChI=1S/C17H17BrFNO/c1-17(2,3)11-8-9-15(13(18)10-11)20-16(21)12-6-4-5-7-14(12)19/h4-10H,1-3H3,(H,20,21). The lowest BCUT2D eigenvalue weighted by atomic mass is 9.87. The molecule has 2 rings (SSSR count). The summed E-state index contributed by atoms with van der Waals surface area (Å²) in [7, 11) is 0. The quantitative estimate of drug-likeness (QED) is 0.799. The number of rotatable bonds is 2. The highest BCUT2D eigenvalue weighted by atomic mass is 79.9. The maximum atomic E-state index is 13.6. The molecule has 0 heterocycles. The number of nitrogens with one attached hydrogen (secondary N) is 1. The smallest absolute Gasteiger partial charge is 0.258 e. The highest BCUT2D eigenvalue weighted by Gasteiger charge is 2.16. The second-order valence-corrected chi connectivity index (χ2v) is 6.73. The first-order chi connectivity index (χ1) is 9.79. The van der Waals surface area contributed by atoms with Crippen LogP contribution in [0.2, 0.25) is 0 Å². The normalized spacial score (nSPS) is 11.3. The third kappa shape index (κ3) is 3.70. The topological polar surface area (TPSA) is 29.1 Å². The molecule has 2 nitrogen and oxygen atoms in total. The van der Waals surface area contributed by atoms with Crippen LogP contribution >= 0.6 is 15.9 Å². The van der Waals surface area contributed by atoms with E-state index in [1.807, 2.05) is 18.2 Å². The van der Waals surface area contributed by atoms with Crippen LogP contribution in [-0.4, -0.2) is 5.91 Å². The van der Waals surface area contributed by atoms with Crippen molar-refractivity contribution in [3.63, 3.8) is 0 Å².